The summed E-state index contributed by atoms with van der Waals surface area (Å²) in [5.41, 5.74) is -0.155. The minimum Gasteiger partial charge on any atom is -0.370 e. The maximum Gasteiger partial charge on any atom is 0.400 e. The summed E-state index contributed by atoms with van der Waals surface area (Å²) in [6, 6.07) is 11.7. The van der Waals surface area contributed by atoms with Crippen LogP contribution in [0.2, 0.25) is 10.0 Å². The van der Waals surface area contributed by atoms with Gasteiger partial charge in [0.25, 0.3) is 0 Å². The van der Waals surface area contributed by atoms with E-state index in [1.165, 1.54) is 18.2 Å². The summed E-state index contributed by atoms with van der Waals surface area (Å²) >= 11 is 12.0. The van der Waals surface area contributed by atoms with Gasteiger partial charge in [-0.25, -0.2) is 0 Å². The number of Topliss-reactive ketones (excluding diaryl/α,β-unsaturated/α-hetero) is 1. The third kappa shape index (κ3) is 4.58. The first-order valence-corrected chi connectivity index (χ1v) is 11.3. The second-order valence-corrected chi connectivity index (χ2v) is 9.72. The monoisotopic (exact) mass is 469 g/mol. The largest absolute Gasteiger partial charge is 0.400 e. The molecule has 2 fully saturated rings. The Hall–Kier alpha value is -1.72. The number of carbonyl (C=O) groups is 1. The van der Waals surface area contributed by atoms with Crippen LogP contribution >= 0.6 is 23.2 Å². The third-order valence-corrected chi connectivity index (χ3v) is 7.03. The number of anilines is 1. The molecule has 0 bridgehead atoms. The zero-order valence-corrected chi connectivity index (χ0v) is 18.7. The second-order valence-electron chi connectivity index (χ2n) is 8.85. The summed E-state index contributed by atoms with van der Waals surface area (Å²) in [6.45, 7) is 2.10. The molecule has 2 aliphatic rings. The molecule has 2 nitrogen and oxygen atoms in total. The van der Waals surface area contributed by atoms with Gasteiger partial charge >= 0.3 is 6.18 Å². The van der Waals surface area contributed by atoms with Gasteiger partial charge in [-0.3, -0.25) is 4.79 Å². The average molecular weight is 470 g/mol. The third-order valence-electron chi connectivity index (χ3n) is 6.59. The van der Waals surface area contributed by atoms with Crippen molar-refractivity contribution in [2.45, 2.75) is 50.1 Å². The molecular weight excluding hydrogens is 446 g/mol. The first-order valence-electron chi connectivity index (χ1n) is 10.5. The minimum absolute atomic E-state index is 0.0682. The summed E-state index contributed by atoms with van der Waals surface area (Å²) in [5, 5.41) is 0.396. The molecule has 0 amide bonds. The lowest BCUT2D eigenvalue weighted by atomic mass is 9.79. The minimum atomic E-state index is -4.44. The topological polar surface area (TPSA) is 20.3 Å². The van der Waals surface area contributed by atoms with Crippen molar-refractivity contribution >= 4 is 34.7 Å². The lowest BCUT2D eigenvalue weighted by Crippen LogP contribution is -2.44. The molecule has 166 valence electrons. The summed E-state index contributed by atoms with van der Waals surface area (Å²) in [6.07, 6.45) is -1.99. The Labute approximate surface area is 190 Å². The van der Waals surface area contributed by atoms with Gasteiger partial charge in [0, 0.05) is 41.2 Å². The van der Waals surface area contributed by atoms with Crippen molar-refractivity contribution in [3.05, 3.63) is 63.6 Å². The van der Waals surface area contributed by atoms with E-state index in [0.29, 0.717) is 12.2 Å². The molecular formula is C24H24Cl2F3NO. The number of carbonyl (C=O) groups excluding carboxylic acids is 1. The normalized spacial score (nSPS) is 22.6. The number of hydrogen-bond acceptors (Lipinski definition) is 2. The summed E-state index contributed by atoms with van der Waals surface area (Å²) in [5.74, 6) is 0.650. The molecule has 1 aliphatic heterocycles. The Morgan fingerprint density at radius 3 is 2.29 bits per heavy atom. The highest BCUT2D eigenvalue weighted by molar-refractivity contribution is 6.34. The number of rotatable bonds is 6. The maximum atomic E-state index is 14.3. The predicted molar refractivity (Wildman–Crippen MR) is 118 cm³/mol. The fourth-order valence-corrected chi connectivity index (χ4v) is 5.02. The quantitative estimate of drug-likeness (QED) is 0.446. The number of alkyl halides is 3. The van der Waals surface area contributed by atoms with E-state index in [9.17, 15) is 18.0 Å². The highest BCUT2D eigenvalue weighted by Crippen LogP contribution is 2.49. The Bertz CT molecular complexity index is 952. The van der Waals surface area contributed by atoms with Crippen molar-refractivity contribution in [3.8, 4) is 0 Å². The van der Waals surface area contributed by atoms with Crippen LogP contribution in [0.4, 0.5) is 18.9 Å². The lowest BCUT2D eigenvalue weighted by molar-refractivity contribution is -0.184. The van der Waals surface area contributed by atoms with Gasteiger partial charge in [-0.1, -0.05) is 42.3 Å². The molecule has 0 N–H and O–H groups in total. The summed E-state index contributed by atoms with van der Waals surface area (Å²) in [4.78, 5) is 13.8. The molecule has 7 heteroatoms. The van der Waals surface area contributed by atoms with Crippen molar-refractivity contribution in [2.75, 3.05) is 18.0 Å². The van der Waals surface area contributed by atoms with Crippen LogP contribution in [-0.4, -0.2) is 25.0 Å². The van der Waals surface area contributed by atoms with E-state index in [2.05, 4.69) is 0 Å². The molecule has 0 aromatic heterocycles. The fraction of sp³-hybridized carbons (Fsp3) is 0.458. The molecule has 2 aromatic rings. The van der Waals surface area contributed by atoms with Crippen LogP contribution in [0, 0.1) is 5.92 Å². The van der Waals surface area contributed by atoms with E-state index in [1.807, 2.05) is 31.2 Å². The number of nitrogens with zero attached hydrogens (tertiary/aromatic N) is 1. The zero-order chi connectivity index (χ0) is 22.4. The molecule has 1 heterocycles. The van der Waals surface area contributed by atoms with E-state index in [0.717, 1.165) is 24.1 Å². The number of ketones is 1. The van der Waals surface area contributed by atoms with E-state index in [1.54, 1.807) is 4.90 Å². The van der Waals surface area contributed by atoms with Crippen molar-refractivity contribution in [2.24, 2.45) is 5.92 Å². The number of halogens is 5. The Balaban J connectivity index is 1.54. The van der Waals surface area contributed by atoms with Crippen LogP contribution in [0.25, 0.3) is 0 Å². The molecule has 1 unspecified atom stereocenters. The van der Waals surface area contributed by atoms with Crippen LogP contribution in [0.1, 0.15) is 49.7 Å². The van der Waals surface area contributed by atoms with E-state index < -0.39 is 11.6 Å². The van der Waals surface area contributed by atoms with Gasteiger partial charge < -0.3 is 4.90 Å². The van der Waals surface area contributed by atoms with Gasteiger partial charge in [0.05, 0.1) is 0 Å². The molecule has 0 radical (unpaired) electrons. The zero-order valence-electron chi connectivity index (χ0n) is 17.2. The average Bonchev–Trinajstić information content (AvgIpc) is 3.44. The first-order chi connectivity index (χ1) is 14.6. The summed E-state index contributed by atoms with van der Waals surface area (Å²) < 4.78 is 42.8. The van der Waals surface area contributed by atoms with Crippen molar-refractivity contribution in [1.29, 1.82) is 0 Å². The molecule has 1 saturated heterocycles. The van der Waals surface area contributed by atoms with E-state index in [4.69, 9.17) is 23.2 Å². The van der Waals surface area contributed by atoms with Gasteiger partial charge in [0.15, 0.2) is 0 Å². The van der Waals surface area contributed by atoms with E-state index in [-0.39, 0.29) is 47.0 Å². The first kappa shape index (κ1) is 22.5. The van der Waals surface area contributed by atoms with Gasteiger partial charge in [-0.2, -0.15) is 13.2 Å². The van der Waals surface area contributed by atoms with Crippen molar-refractivity contribution in [1.82, 2.24) is 0 Å². The Morgan fingerprint density at radius 1 is 1.13 bits per heavy atom. The van der Waals surface area contributed by atoms with Crippen LogP contribution in [0.15, 0.2) is 42.5 Å². The summed E-state index contributed by atoms with van der Waals surface area (Å²) in [7, 11) is 0. The van der Waals surface area contributed by atoms with Gasteiger partial charge in [-0.05, 0) is 66.6 Å². The molecule has 31 heavy (non-hydrogen) atoms. The highest BCUT2D eigenvalue weighted by atomic mass is 35.5. The second kappa shape index (κ2) is 8.32. The van der Waals surface area contributed by atoms with Crippen LogP contribution in [-0.2, 0) is 10.2 Å². The number of hydrogen-bond donors (Lipinski definition) is 0. The molecule has 1 saturated carbocycles. The Kier molecular flexibility index (Phi) is 6.04. The lowest BCUT2D eigenvalue weighted by Gasteiger charge is -2.33. The van der Waals surface area contributed by atoms with Crippen LogP contribution in [0.3, 0.4) is 0 Å². The van der Waals surface area contributed by atoms with Crippen molar-refractivity contribution < 1.29 is 18.0 Å². The van der Waals surface area contributed by atoms with Gasteiger partial charge in [0.1, 0.15) is 11.2 Å². The standard InChI is InChI=1S/C24H24Cl2F3NO/c1-15(10-22(31)17-2-3-17)16-4-6-21(7-5-16)30-9-8-23(14-30,24(27,28)29)18-11-19(25)13-20(26)12-18/h4-7,11-13,15,17H,2-3,8-10,14H2,1H3/t15-,23?/m1/s1. The van der Waals surface area contributed by atoms with Crippen molar-refractivity contribution in [3.63, 3.8) is 0 Å². The highest BCUT2D eigenvalue weighted by Gasteiger charge is 2.59. The predicted octanol–water partition coefficient (Wildman–Crippen LogP) is 7.18. The molecule has 2 atom stereocenters. The van der Waals surface area contributed by atoms with E-state index >= 15 is 0 Å². The molecule has 0 spiro atoms. The number of benzene rings is 2. The van der Waals surface area contributed by atoms with Gasteiger partial charge in [-0.15, -0.1) is 0 Å². The molecule has 1 aliphatic carbocycles. The fourth-order valence-electron chi connectivity index (χ4n) is 4.50. The smallest absolute Gasteiger partial charge is 0.370 e. The molecule has 4 rings (SSSR count). The Morgan fingerprint density at radius 2 is 1.74 bits per heavy atom. The molecule has 2 aromatic carbocycles. The van der Waals surface area contributed by atoms with Crippen LogP contribution in [0.5, 0.6) is 0 Å². The maximum absolute atomic E-state index is 14.3. The van der Waals surface area contributed by atoms with Crippen LogP contribution < -0.4 is 4.90 Å². The van der Waals surface area contributed by atoms with Gasteiger partial charge in [0.2, 0.25) is 0 Å². The SMILES string of the molecule is C[C@H](CC(=O)C1CC1)c1ccc(N2CCC(c3cc(Cl)cc(Cl)c3)(C(F)(F)F)C2)cc1.